The number of fused-ring (bicyclic) bond motifs is 2. The summed E-state index contributed by atoms with van der Waals surface area (Å²) in [7, 11) is 0. The molecule has 0 spiro atoms. The topological polar surface area (TPSA) is 48.0 Å². The van der Waals surface area contributed by atoms with E-state index < -0.39 is 6.23 Å². The lowest BCUT2D eigenvalue weighted by Crippen LogP contribution is -2.33. The molecule has 0 N–H and O–H groups in total. The number of carbonyl (C=O) groups is 1. The van der Waals surface area contributed by atoms with Crippen molar-refractivity contribution in [1.82, 2.24) is 0 Å². The van der Waals surface area contributed by atoms with Crippen LogP contribution < -0.4 is 19.1 Å². The van der Waals surface area contributed by atoms with Crippen LogP contribution in [0.3, 0.4) is 0 Å². The maximum Gasteiger partial charge on any atom is 0.261 e. The van der Waals surface area contributed by atoms with Crippen LogP contribution in [0.2, 0.25) is 5.02 Å². The first-order valence-electron chi connectivity index (χ1n) is 8.45. The van der Waals surface area contributed by atoms with Gasteiger partial charge in [-0.1, -0.05) is 23.7 Å². The van der Waals surface area contributed by atoms with Gasteiger partial charge in [-0.25, -0.2) is 0 Å². The summed E-state index contributed by atoms with van der Waals surface area (Å²) in [4.78, 5) is 14.9. The second-order valence-corrected chi connectivity index (χ2v) is 6.67. The highest BCUT2D eigenvalue weighted by Gasteiger charge is 2.37. The Hall–Kier alpha value is -3.18. The molecule has 0 bridgehead atoms. The fourth-order valence-electron chi connectivity index (χ4n) is 3.29. The Labute approximate surface area is 160 Å². The molecular weight excluding hydrogens is 366 g/mol. The van der Waals surface area contributed by atoms with Gasteiger partial charge in [-0.05, 0) is 54.6 Å². The monoisotopic (exact) mass is 379 g/mol. The quantitative estimate of drug-likeness (QED) is 0.641. The molecule has 6 heteroatoms. The van der Waals surface area contributed by atoms with E-state index in [4.69, 9.17) is 25.8 Å². The van der Waals surface area contributed by atoms with Crippen LogP contribution in [0, 0.1) is 0 Å². The van der Waals surface area contributed by atoms with E-state index in [0.717, 1.165) is 11.3 Å². The molecule has 2 aliphatic rings. The molecule has 5 nitrogen and oxygen atoms in total. The third kappa shape index (κ3) is 2.67. The molecule has 27 heavy (non-hydrogen) atoms. The molecule has 0 saturated heterocycles. The summed E-state index contributed by atoms with van der Waals surface area (Å²) in [5.41, 5.74) is 2.06. The Kier molecular flexibility index (Phi) is 3.69. The zero-order chi connectivity index (χ0) is 18.4. The molecular formula is C21H14ClNO4. The van der Waals surface area contributed by atoms with Crippen molar-refractivity contribution in [2.75, 3.05) is 11.7 Å². The van der Waals surface area contributed by atoms with Crippen molar-refractivity contribution < 1.29 is 19.0 Å². The summed E-state index contributed by atoms with van der Waals surface area (Å²) in [5, 5.41) is 0.581. The molecule has 3 aromatic rings. The van der Waals surface area contributed by atoms with Crippen LogP contribution in [0.4, 0.5) is 5.69 Å². The number of hydrogen-bond acceptors (Lipinski definition) is 4. The van der Waals surface area contributed by atoms with Gasteiger partial charge in [0.2, 0.25) is 13.0 Å². The van der Waals surface area contributed by atoms with Gasteiger partial charge in [0, 0.05) is 16.1 Å². The van der Waals surface area contributed by atoms with Gasteiger partial charge in [-0.3, -0.25) is 9.69 Å². The Morgan fingerprint density at radius 3 is 2.56 bits per heavy atom. The van der Waals surface area contributed by atoms with Crippen LogP contribution in [0.5, 0.6) is 17.2 Å². The van der Waals surface area contributed by atoms with Gasteiger partial charge >= 0.3 is 0 Å². The van der Waals surface area contributed by atoms with Gasteiger partial charge in [-0.15, -0.1) is 0 Å². The number of carbonyl (C=O) groups excluding carboxylic acids is 1. The van der Waals surface area contributed by atoms with Crippen molar-refractivity contribution in [2.45, 2.75) is 6.23 Å². The van der Waals surface area contributed by atoms with Crippen LogP contribution in [-0.4, -0.2) is 12.7 Å². The molecule has 5 rings (SSSR count). The van der Waals surface area contributed by atoms with Gasteiger partial charge in [-0.2, -0.15) is 0 Å². The molecule has 0 aliphatic carbocycles. The maximum absolute atomic E-state index is 13.3. The summed E-state index contributed by atoms with van der Waals surface area (Å²) in [5.74, 6) is 1.82. The molecule has 0 unspecified atom stereocenters. The van der Waals surface area contributed by atoms with E-state index >= 15 is 0 Å². The number of benzene rings is 3. The molecule has 134 valence electrons. The standard InChI is InChI=1S/C21H14ClNO4/c22-15-8-5-13(6-9-15)20(24)23-16-3-1-2-4-17(16)27-21(23)14-7-10-18-19(11-14)26-12-25-18/h1-11,21H,12H2/t21-/m1/s1. The lowest BCUT2D eigenvalue weighted by molar-refractivity contribution is 0.0938. The van der Waals surface area contributed by atoms with Gasteiger partial charge in [0.25, 0.3) is 5.91 Å². The van der Waals surface area contributed by atoms with Gasteiger partial charge in [0.05, 0.1) is 5.69 Å². The van der Waals surface area contributed by atoms with Crippen LogP contribution in [0.25, 0.3) is 0 Å². The lowest BCUT2D eigenvalue weighted by atomic mass is 10.1. The van der Waals surface area contributed by atoms with Crippen molar-refractivity contribution in [3.63, 3.8) is 0 Å². The van der Waals surface area contributed by atoms with E-state index in [1.54, 1.807) is 29.2 Å². The number of amides is 1. The zero-order valence-corrected chi connectivity index (χ0v) is 14.8. The molecule has 2 heterocycles. The zero-order valence-electron chi connectivity index (χ0n) is 14.1. The normalized spacial score (nSPS) is 16.8. The van der Waals surface area contributed by atoms with E-state index in [-0.39, 0.29) is 12.7 Å². The summed E-state index contributed by atoms with van der Waals surface area (Å²) in [6, 6.07) is 19.9. The first-order valence-corrected chi connectivity index (χ1v) is 8.83. The molecule has 0 saturated carbocycles. The average molecular weight is 380 g/mol. The summed E-state index contributed by atoms with van der Waals surface area (Å²) >= 11 is 5.96. The van der Waals surface area contributed by atoms with Crippen LogP contribution in [0.1, 0.15) is 22.1 Å². The van der Waals surface area contributed by atoms with E-state index in [1.807, 2.05) is 42.5 Å². The predicted molar refractivity (Wildman–Crippen MR) is 101 cm³/mol. The average Bonchev–Trinajstić information content (AvgIpc) is 3.31. The molecule has 0 radical (unpaired) electrons. The van der Waals surface area contributed by atoms with E-state index in [0.29, 0.717) is 27.8 Å². The number of nitrogens with zero attached hydrogens (tertiary/aromatic N) is 1. The molecule has 0 fully saturated rings. The van der Waals surface area contributed by atoms with Crippen LogP contribution in [0.15, 0.2) is 66.7 Å². The summed E-state index contributed by atoms with van der Waals surface area (Å²) in [6.07, 6.45) is -0.597. The van der Waals surface area contributed by atoms with Crippen LogP contribution in [-0.2, 0) is 0 Å². The molecule has 2 aliphatic heterocycles. The minimum atomic E-state index is -0.597. The fourth-order valence-corrected chi connectivity index (χ4v) is 3.41. The number of halogens is 1. The molecule has 0 aromatic heterocycles. The third-order valence-electron chi connectivity index (χ3n) is 4.59. The number of hydrogen-bond donors (Lipinski definition) is 0. The number of ether oxygens (including phenoxy) is 3. The van der Waals surface area contributed by atoms with Crippen molar-refractivity contribution in [3.05, 3.63) is 82.9 Å². The minimum absolute atomic E-state index is 0.167. The maximum atomic E-state index is 13.3. The number of anilines is 1. The molecule has 1 atom stereocenters. The predicted octanol–water partition coefficient (Wildman–Crippen LogP) is 4.81. The Balaban J connectivity index is 1.58. The SMILES string of the molecule is O=C(c1ccc(Cl)cc1)N1c2ccccc2O[C@@H]1c1ccc2c(c1)OCO2. The first kappa shape index (κ1) is 16.0. The highest BCUT2D eigenvalue weighted by atomic mass is 35.5. The van der Waals surface area contributed by atoms with Gasteiger partial charge in [0.1, 0.15) is 5.75 Å². The van der Waals surface area contributed by atoms with Crippen molar-refractivity contribution in [2.24, 2.45) is 0 Å². The smallest absolute Gasteiger partial charge is 0.261 e. The summed E-state index contributed by atoms with van der Waals surface area (Å²) < 4.78 is 17.0. The van der Waals surface area contributed by atoms with Crippen molar-refractivity contribution in [1.29, 1.82) is 0 Å². The highest BCUT2D eigenvalue weighted by Crippen LogP contribution is 2.45. The van der Waals surface area contributed by atoms with E-state index in [2.05, 4.69) is 0 Å². The third-order valence-corrected chi connectivity index (χ3v) is 4.84. The first-order chi connectivity index (χ1) is 13.2. The lowest BCUT2D eigenvalue weighted by Gasteiger charge is -2.24. The Morgan fingerprint density at radius 1 is 0.926 bits per heavy atom. The number of para-hydroxylation sites is 2. The number of rotatable bonds is 2. The highest BCUT2D eigenvalue weighted by molar-refractivity contribution is 6.30. The summed E-state index contributed by atoms with van der Waals surface area (Å²) in [6.45, 7) is 0.192. The minimum Gasteiger partial charge on any atom is -0.464 e. The van der Waals surface area contributed by atoms with Gasteiger partial charge in [0.15, 0.2) is 11.5 Å². The van der Waals surface area contributed by atoms with E-state index in [1.165, 1.54) is 0 Å². The largest absolute Gasteiger partial charge is 0.464 e. The fraction of sp³-hybridized carbons (Fsp3) is 0.0952. The Bertz CT molecular complexity index is 1030. The van der Waals surface area contributed by atoms with Crippen molar-refractivity contribution in [3.8, 4) is 17.2 Å². The second-order valence-electron chi connectivity index (χ2n) is 6.23. The Morgan fingerprint density at radius 2 is 1.70 bits per heavy atom. The van der Waals surface area contributed by atoms with Gasteiger partial charge < -0.3 is 14.2 Å². The molecule has 3 aromatic carbocycles. The second kappa shape index (κ2) is 6.21. The van der Waals surface area contributed by atoms with Crippen molar-refractivity contribution >= 4 is 23.2 Å². The molecule has 1 amide bonds. The van der Waals surface area contributed by atoms with E-state index in [9.17, 15) is 4.79 Å². The van der Waals surface area contributed by atoms with Crippen LogP contribution >= 0.6 is 11.6 Å².